The summed E-state index contributed by atoms with van der Waals surface area (Å²) in [4.78, 5) is 128. The third kappa shape index (κ3) is 35.2. The number of thiophene rings is 4. The quantitative estimate of drug-likeness (QED) is 0.0194. The van der Waals surface area contributed by atoms with Gasteiger partial charge in [0.15, 0.2) is 0 Å². The molecule has 4 aromatic heterocycles. The molecule has 4 atom stereocenters. The zero-order chi connectivity index (χ0) is 102. The van der Waals surface area contributed by atoms with Crippen LogP contribution in [0.5, 0.6) is 0 Å². The van der Waals surface area contributed by atoms with Crippen molar-refractivity contribution in [1.82, 2.24) is 0 Å². The molecular weight excluding hydrogens is 2150 g/mol. The van der Waals surface area contributed by atoms with Gasteiger partial charge in [0.2, 0.25) is 23.6 Å². The molecule has 796 valence electrons. The second-order valence-electron chi connectivity index (χ2n) is 43.2. The Kier molecular flexibility index (Phi) is 50.2. The summed E-state index contributed by atoms with van der Waals surface area (Å²) in [6, 6.07) is 7.55. The molecule has 0 bridgehead atoms. The number of anilines is 4. The summed E-state index contributed by atoms with van der Waals surface area (Å²) in [6.45, 7) is 25.5. The smallest absolute Gasteiger partial charge is 0.544 e. The van der Waals surface area contributed by atoms with Crippen molar-refractivity contribution in [2.75, 3.05) is 107 Å². The number of esters is 3. The molecule has 0 aromatic carbocycles. The second kappa shape index (κ2) is 59.6. The van der Waals surface area contributed by atoms with E-state index in [1.165, 1.54) is 61.8 Å². The molecule has 144 heavy (non-hydrogen) atoms. The number of hydrogen-bond acceptors (Lipinski definition) is 26. The maximum atomic E-state index is 14.2. The van der Waals surface area contributed by atoms with Crippen LogP contribution < -0.4 is 54.3 Å². The van der Waals surface area contributed by atoms with Crippen LogP contribution in [0, 0.1) is 93.5 Å². The fourth-order valence-electron chi connectivity index (χ4n) is 21.9. The van der Waals surface area contributed by atoms with Gasteiger partial charge >= 0.3 is 47.5 Å². The van der Waals surface area contributed by atoms with Crippen LogP contribution in [-0.4, -0.2) is 212 Å². The van der Waals surface area contributed by atoms with Crippen LogP contribution in [0.1, 0.15) is 362 Å². The van der Waals surface area contributed by atoms with E-state index in [1.807, 2.05) is 60.6 Å². The fourth-order valence-corrected chi connectivity index (χ4v) is 27.2. The summed E-state index contributed by atoms with van der Waals surface area (Å²) in [6.07, 6.45) is 34.5. The van der Waals surface area contributed by atoms with Crippen LogP contribution >= 0.6 is 90.5 Å². The molecule has 33 heteroatoms. The van der Waals surface area contributed by atoms with Gasteiger partial charge in [0.25, 0.3) is 0 Å². The maximum absolute atomic E-state index is 14.2. The Labute approximate surface area is 922 Å². The van der Waals surface area contributed by atoms with Crippen molar-refractivity contribution in [3.05, 3.63) is 59.3 Å². The van der Waals surface area contributed by atoms with Gasteiger partial charge in [-0.2, -0.15) is 0 Å². The fraction of sp³-hybridized carbons (Fsp3) is 0.739. The number of methoxy groups -OCH3 is 3. The number of Topliss-reactive ketones (excluding diaryl/α,β-unsaturated/α-hetero) is 1. The number of carbonyl (C=O) groups is 9. The minimum atomic E-state index is -1.28. The van der Waals surface area contributed by atoms with Gasteiger partial charge in [-0.1, -0.05) is 65.7 Å². The number of carbonyl (C=O) groups excluding carboxylic acids is 9. The minimum Gasteiger partial charge on any atom is -0.544 e. The van der Waals surface area contributed by atoms with Gasteiger partial charge in [-0.15, -0.1) is 45.3 Å². The molecule has 12 aliphatic rings. The van der Waals surface area contributed by atoms with Crippen LogP contribution in [0.4, 0.5) is 22.7 Å². The Morgan fingerprint density at radius 2 is 0.646 bits per heavy atom. The van der Waals surface area contributed by atoms with E-state index >= 15 is 0 Å². The van der Waals surface area contributed by atoms with E-state index in [1.54, 1.807) is 11.0 Å². The van der Waals surface area contributed by atoms with Crippen molar-refractivity contribution >= 4 is 167 Å². The third-order valence-corrected chi connectivity index (χ3v) is 36.7. The van der Waals surface area contributed by atoms with E-state index in [9.17, 15) is 58.5 Å². The predicted octanol–water partition coefficient (Wildman–Crippen LogP) is 18.6. The summed E-state index contributed by atoms with van der Waals surface area (Å²) in [5, 5.41) is 31.0. The number of halogens is 2. The number of aliphatic hydroxyl groups is 2. The van der Waals surface area contributed by atoms with E-state index in [0.717, 1.165) is 266 Å². The molecule has 8 heterocycles. The molecule has 4 amide bonds. The Morgan fingerprint density at radius 3 is 0.903 bits per heavy atom. The Hall–Kier alpha value is -4.55. The van der Waals surface area contributed by atoms with Crippen molar-refractivity contribution in [3.63, 3.8) is 0 Å². The van der Waals surface area contributed by atoms with Gasteiger partial charge in [-0.3, -0.25) is 24.0 Å². The molecule has 4 aromatic rings. The number of ketones is 1. The van der Waals surface area contributed by atoms with E-state index < -0.39 is 23.3 Å². The average Bonchev–Trinajstić information content (AvgIpc) is 1.59. The number of carboxylic acid groups (broad SMARTS) is 1. The van der Waals surface area contributed by atoms with Crippen LogP contribution in [-0.2, 0) is 71.3 Å². The summed E-state index contributed by atoms with van der Waals surface area (Å²) < 4.78 is 57.4. The number of nitrogens with zero attached hydrogens (tertiary/aromatic N) is 4. The standard InChI is InChI=1S/C31H45NO6S.C30H43NO6S.C24H34INO5S.C20H26INO4S.C5H10O.CH4.Na/c1-21-5-7-22(8-6-21)29(34)32(23-9-11-24(12-10-23)38-25-14-18-37-20-25)27-19-26(39-28(27)30(35)36-4)13-15-31(2,3)16-17-33;1-20-4-6-21(7-5-20)28(33)31(22-8-10-23(11-9-22)37-24-13-17-36-19-24)26-18-25(38-27(26)29(34)35)12-14-30(2,3)15-16-32;1-15-3-5-16(6-4-15)23(27)26(20-13-21(25)32-22(20)24(28)29-2)17-7-9-18(10-8-17)31-19-11-12-30-14-19;1-12-3-5-13(6-4-12)19(24)22(14-7-9-15(23)10-8-14)16-11-17(21)27-18(16)20(25)26-2;1-5-2-3-6-4-5;;/h19,21-25,33H,5-12,14,16-18,20H2,1-4H3;18,20-24,32H,4-11,13,15-17,19H2,1-3H3,(H,34,35);13,15-19H,3-12,14H2,1-2H3;11-14H,3-10H2,1-2H3;5H,2-4H2,1H3;1H4;/q;;;;;;+1/p-1. The van der Waals surface area contributed by atoms with E-state index in [-0.39, 0.29) is 180 Å². The molecule has 4 unspecified atom stereocenters. The van der Waals surface area contributed by atoms with Gasteiger partial charge < -0.3 is 87.1 Å². The van der Waals surface area contributed by atoms with Crippen LogP contribution in [0.2, 0.25) is 0 Å². The number of rotatable bonds is 26. The summed E-state index contributed by atoms with van der Waals surface area (Å²) in [5.74, 6) is 14.3. The minimum absolute atomic E-state index is 0. The normalized spacial score (nSPS) is 27.6. The molecule has 0 radical (unpaired) electrons. The summed E-state index contributed by atoms with van der Waals surface area (Å²) in [5.41, 5.74) is 1.70. The Bertz CT molecular complexity index is 4860. The van der Waals surface area contributed by atoms with Gasteiger partial charge in [-0.25, -0.2) is 14.4 Å². The molecule has 8 saturated carbocycles. The van der Waals surface area contributed by atoms with Gasteiger partial charge in [0.05, 0.1) is 127 Å². The number of carboxylic acids is 1. The summed E-state index contributed by atoms with van der Waals surface area (Å²) in [7, 11) is 4.15. The van der Waals surface area contributed by atoms with Gasteiger partial charge in [-0.05, 0) is 358 Å². The monoisotopic (exact) mass is 2310 g/mol. The number of hydrogen-bond donors (Lipinski definition) is 2. The molecule has 4 saturated heterocycles. The van der Waals surface area contributed by atoms with Crippen LogP contribution in [0.15, 0.2) is 24.3 Å². The maximum Gasteiger partial charge on any atom is 1.00 e. The van der Waals surface area contributed by atoms with Crippen molar-refractivity contribution in [1.29, 1.82) is 0 Å². The molecular formula is C111H161I2N4NaO22S4. The first kappa shape index (κ1) is 121. The first-order valence-electron chi connectivity index (χ1n) is 52.8. The molecule has 8 aliphatic carbocycles. The molecule has 26 nitrogen and oxygen atoms in total. The summed E-state index contributed by atoms with van der Waals surface area (Å²) >= 11 is 9.54. The van der Waals surface area contributed by atoms with E-state index in [2.05, 4.69) is 103 Å². The van der Waals surface area contributed by atoms with Gasteiger partial charge in [0.1, 0.15) is 20.4 Å². The number of ether oxygens (including phenoxy) is 10. The van der Waals surface area contributed by atoms with E-state index in [4.69, 9.17) is 47.4 Å². The first-order chi connectivity index (χ1) is 68.1. The van der Waals surface area contributed by atoms with Crippen LogP contribution in [0.25, 0.3) is 0 Å². The average molecular weight is 2310 g/mol. The zero-order valence-corrected chi connectivity index (χ0v) is 96.5. The zero-order valence-electron chi connectivity index (χ0n) is 87.0. The Morgan fingerprint density at radius 1 is 0.375 bits per heavy atom. The van der Waals surface area contributed by atoms with Crippen molar-refractivity contribution in [3.8, 4) is 23.7 Å². The van der Waals surface area contributed by atoms with E-state index in [0.29, 0.717) is 119 Å². The molecule has 12 fully saturated rings. The number of aromatic carboxylic acids is 1. The van der Waals surface area contributed by atoms with Crippen molar-refractivity contribution in [2.45, 2.75) is 375 Å². The molecule has 2 N–H and O–H groups in total. The molecule has 0 spiro atoms. The largest absolute Gasteiger partial charge is 1.00 e. The van der Waals surface area contributed by atoms with Crippen molar-refractivity contribution in [2.24, 2.45) is 64.1 Å². The predicted molar refractivity (Wildman–Crippen MR) is 578 cm³/mol. The first-order valence-corrected chi connectivity index (χ1v) is 58.3. The molecule has 16 rings (SSSR count). The second-order valence-corrected chi connectivity index (χ2v) is 51.2. The molecule has 4 aliphatic heterocycles. The van der Waals surface area contributed by atoms with Crippen LogP contribution in [0.3, 0.4) is 0 Å². The van der Waals surface area contributed by atoms with Crippen molar-refractivity contribution < 1.29 is 135 Å². The van der Waals surface area contributed by atoms with Gasteiger partial charge in [0, 0.05) is 118 Å². The number of aliphatic hydroxyl groups excluding tert-OH is 2. The SMILES string of the molecule is C.CC1CCC(C(=O)N(c2cc(C#CC(C)(C)CCO)sc2C(=O)[O-])C2CCC(OC3CCOC3)CC2)CC1.CC1CCOC1.COC(=O)c1sc(C#CC(C)(C)CCO)cc1N(C(=O)C1CCC(C)CC1)C1CCC(OC2CCOC2)CC1.COC(=O)c1sc(I)cc1N(C(=O)C1CCC(C)CC1)C1CCC(=O)CC1.COC(=O)c1sc(I)cc1N(C(=O)C1CCC(C)CC1)C1CCC(OC2CCOC2)CC1.[Na+]. The third-order valence-electron chi connectivity index (χ3n) is 30.9. The number of amides is 4. The topological polar surface area (TPSA) is 322 Å². The Balaban J connectivity index is 0.000000193.